The van der Waals surface area contributed by atoms with E-state index < -0.39 is 0 Å². The largest absolute Gasteiger partial charge is 0.157 e. The fourth-order valence-electron chi connectivity index (χ4n) is 0.411. The standard InChI is InChI=1S/C5H7S/c1-2-4-6-5-3-1/h1-3H,4-5H2. The second kappa shape index (κ2) is 2.30. The topological polar surface area (TPSA) is 0 Å². The molecular weight excluding hydrogens is 92.1 g/mol. The van der Waals surface area contributed by atoms with Crippen molar-refractivity contribution in [3.05, 3.63) is 18.6 Å². The molecule has 1 rings (SSSR count). The molecule has 0 spiro atoms. The van der Waals surface area contributed by atoms with Gasteiger partial charge in [-0.05, 0) is 6.42 Å². The summed E-state index contributed by atoms with van der Waals surface area (Å²) in [6.07, 6.45) is 6.47. The molecule has 0 saturated heterocycles. The van der Waals surface area contributed by atoms with Crippen LogP contribution in [0.5, 0.6) is 0 Å². The van der Waals surface area contributed by atoms with E-state index in [9.17, 15) is 0 Å². The van der Waals surface area contributed by atoms with Crippen molar-refractivity contribution in [3.8, 4) is 0 Å². The monoisotopic (exact) mass is 99.0 g/mol. The Morgan fingerprint density at radius 2 is 2.33 bits per heavy atom. The Morgan fingerprint density at radius 1 is 1.33 bits per heavy atom. The highest BCUT2D eigenvalue weighted by atomic mass is 32.2. The molecule has 0 N–H and O–H groups in total. The summed E-state index contributed by atoms with van der Waals surface area (Å²) in [4.78, 5) is 0. The van der Waals surface area contributed by atoms with Crippen molar-refractivity contribution in [1.82, 2.24) is 0 Å². The summed E-state index contributed by atoms with van der Waals surface area (Å²) >= 11 is 1.95. The molecule has 0 atom stereocenters. The Morgan fingerprint density at radius 3 is 2.50 bits per heavy atom. The van der Waals surface area contributed by atoms with Crippen LogP contribution in [-0.2, 0) is 0 Å². The quantitative estimate of drug-likeness (QED) is 0.443. The first-order chi connectivity index (χ1) is 3.00. The van der Waals surface area contributed by atoms with Crippen LogP contribution in [-0.4, -0.2) is 11.5 Å². The van der Waals surface area contributed by atoms with Crippen molar-refractivity contribution in [2.75, 3.05) is 11.5 Å². The van der Waals surface area contributed by atoms with Crippen molar-refractivity contribution in [3.63, 3.8) is 0 Å². The summed E-state index contributed by atoms with van der Waals surface area (Å²) in [6.45, 7) is 0. The molecule has 0 nitrogen and oxygen atoms in total. The first kappa shape index (κ1) is 4.25. The van der Waals surface area contributed by atoms with Crippen molar-refractivity contribution in [2.45, 2.75) is 0 Å². The van der Waals surface area contributed by atoms with Gasteiger partial charge in [0.05, 0.1) is 0 Å². The minimum absolute atomic E-state index is 1.20. The third kappa shape index (κ3) is 1.05. The second-order valence-electron chi connectivity index (χ2n) is 1.20. The zero-order chi connectivity index (χ0) is 4.24. The van der Waals surface area contributed by atoms with Crippen LogP contribution in [0, 0.1) is 6.42 Å². The zero-order valence-electron chi connectivity index (χ0n) is 3.55. The Kier molecular flexibility index (Phi) is 1.63. The Labute approximate surface area is 42.6 Å². The van der Waals surface area contributed by atoms with Crippen molar-refractivity contribution in [2.24, 2.45) is 0 Å². The molecule has 6 heavy (non-hydrogen) atoms. The molecule has 1 heteroatoms. The van der Waals surface area contributed by atoms with Gasteiger partial charge in [0.2, 0.25) is 0 Å². The van der Waals surface area contributed by atoms with Crippen LogP contribution in [0.15, 0.2) is 12.2 Å². The van der Waals surface area contributed by atoms with Gasteiger partial charge in [0.25, 0.3) is 0 Å². The lowest BCUT2D eigenvalue weighted by molar-refractivity contribution is 1.50. The molecule has 0 unspecified atom stereocenters. The Bertz CT molecular complexity index is 49.0. The summed E-state index contributed by atoms with van der Waals surface area (Å²) in [5, 5.41) is 0. The number of rotatable bonds is 0. The maximum absolute atomic E-state index is 2.17. The molecule has 1 aliphatic rings. The van der Waals surface area contributed by atoms with Crippen LogP contribution in [0.4, 0.5) is 0 Å². The Balaban J connectivity index is 2.26. The smallest absolute Gasteiger partial charge is 0.0113 e. The molecule has 0 aromatic rings. The lowest BCUT2D eigenvalue weighted by Gasteiger charge is -1.97. The molecule has 0 bridgehead atoms. The second-order valence-corrected chi connectivity index (χ2v) is 2.28. The fraction of sp³-hybridized carbons (Fsp3) is 0.400. The van der Waals surface area contributed by atoms with Gasteiger partial charge in [-0.15, -0.1) is 0 Å². The van der Waals surface area contributed by atoms with E-state index in [-0.39, 0.29) is 0 Å². The molecule has 0 fully saturated rings. The van der Waals surface area contributed by atoms with Crippen LogP contribution in [0.2, 0.25) is 0 Å². The van der Waals surface area contributed by atoms with Gasteiger partial charge in [0.1, 0.15) is 0 Å². The molecule has 0 aliphatic carbocycles. The lowest BCUT2D eigenvalue weighted by atomic mass is 10.4. The van der Waals surface area contributed by atoms with Gasteiger partial charge in [-0.1, -0.05) is 12.2 Å². The van der Waals surface area contributed by atoms with E-state index in [0.29, 0.717) is 0 Å². The fourth-order valence-corrected chi connectivity index (χ4v) is 1.04. The molecule has 1 heterocycles. The van der Waals surface area contributed by atoms with Crippen molar-refractivity contribution in [1.29, 1.82) is 0 Å². The number of hydrogen-bond donors (Lipinski definition) is 0. The summed E-state index contributed by atoms with van der Waals surface area (Å²) in [5.74, 6) is 2.41. The SMILES string of the molecule is [CH]1C=CCSC1. The van der Waals surface area contributed by atoms with E-state index in [1.807, 2.05) is 11.8 Å². The summed E-state index contributed by atoms with van der Waals surface area (Å²) in [5.41, 5.74) is 0. The van der Waals surface area contributed by atoms with Gasteiger partial charge in [-0.3, -0.25) is 0 Å². The minimum atomic E-state index is 1.20. The third-order valence-corrected chi connectivity index (χ3v) is 1.56. The average molecular weight is 99.2 g/mol. The van der Waals surface area contributed by atoms with E-state index >= 15 is 0 Å². The maximum Gasteiger partial charge on any atom is 0.0113 e. The lowest BCUT2D eigenvalue weighted by Crippen LogP contribution is -1.84. The Hall–Kier alpha value is 0.0900. The molecule has 1 radical (unpaired) electrons. The van der Waals surface area contributed by atoms with Gasteiger partial charge in [0.15, 0.2) is 0 Å². The maximum atomic E-state index is 2.17. The first-order valence-corrected chi connectivity index (χ1v) is 3.22. The van der Waals surface area contributed by atoms with E-state index in [1.165, 1.54) is 11.5 Å². The number of allylic oxidation sites excluding steroid dienone is 1. The first-order valence-electron chi connectivity index (χ1n) is 2.06. The zero-order valence-corrected chi connectivity index (χ0v) is 4.37. The van der Waals surface area contributed by atoms with Crippen LogP contribution in [0.3, 0.4) is 0 Å². The van der Waals surface area contributed by atoms with Crippen molar-refractivity contribution >= 4 is 11.8 Å². The van der Waals surface area contributed by atoms with Crippen LogP contribution >= 0.6 is 11.8 Å². The predicted octanol–water partition coefficient (Wildman–Crippen LogP) is 1.49. The summed E-state index contributed by atoms with van der Waals surface area (Å²) in [6, 6.07) is 0. The van der Waals surface area contributed by atoms with Gasteiger partial charge < -0.3 is 0 Å². The van der Waals surface area contributed by atoms with Crippen LogP contribution < -0.4 is 0 Å². The highest BCUT2D eigenvalue weighted by molar-refractivity contribution is 7.99. The molecule has 0 amide bonds. The molecule has 1 aliphatic heterocycles. The van der Waals surface area contributed by atoms with Gasteiger partial charge in [-0.25, -0.2) is 0 Å². The normalized spacial score (nSPS) is 21.3. The van der Waals surface area contributed by atoms with E-state index in [2.05, 4.69) is 18.6 Å². The molecule has 33 valence electrons. The van der Waals surface area contributed by atoms with Gasteiger partial charge in [-0.2, -0.15) is 11.8 Å². The molecule has 0 aromatic heterocycles. The molecule has 0 saturated carbocycles. The van der Waals surface area contributed by atoms with E-state index in [0.717, 1.165) is 0 Å². The van der Waals surface area contributed by atoms with E-state index in [4.69, 9.17) is 0 Å². The van der Waals surface area contributed by atoms with Crippen LogP contribution in [0.1, 0.15) is 0 Å². The number of thioether (sulfide) groups is 1. The van der Waals surface area contributed by atoms with Gasteiger partial charge >= 0.3 is 0 Å². The predicted molar refractivity (Wildman–Crippen MR) is 30.8 cm³/mol. The average Bonchev–Trinajstić information content (AvgIpc) is 1.72. The third-order valence-electron chi connectivity index (χ3n) is 0.700. The highest BCUT2D eigenvalue weighted by Crippen LogP contribution is 2.07. The molecular formula is C5H7S. The van der Waals surface area contributed by atoms with Crippen molar-refractivity contribution < 1.29 is 0 Å². The highest BCUT2D eigenvalue weighted by Gasteiger charge is 1.87. The summed E-state index contributed by atoms with van der Waals surface area (Å²) < 4.78 is 0. The van der Waals surface area contributed by atoms with Gasteiger partial charge in [0, 0.05) is 11.5 Å². The molecule has 0 aromatic carbocycles. The van der Waals surface area contributed by atoms with E-state index in [1.54, 1.807) is 0 Å². The minimum Gasteiger partial charge on any atom is -0.157 e. The summed E-state index contributed by atoms with van der Waals surface area (Å²) in [7, 11) is 0. The van der Waals surface area contributed by atoms with Crippen LogP contribution in [0.25, 0.3) is 0 Å². The number of hydrogen-bond acceptors (Lipinski definition) is 1.